The maximum atomic E-state index is 10.9. The molecule has 0 spiro atoms. The van der Waals surface area contributed by atoms with E-state index in [1.165, 1.54) is 0 Å². The van der Waals surface area contributed by atoms with Crippen LogP contribution in [0.1, 0.15) is 18.9 Å². The Morgan fingerprint density at radius 3 is 2.48 bits per heavy atom. The van der Waals surface area contributed by atoms with E-state index in [-0.39, 0.29) is 5.92 Å². The molecule has 0 atom stereocenters. The van der Waals surface area contributed by atoms with E-state index in [2.05, 4.69) is 22.0 Å². The number of carboxylic acid groups (broad SMARTS) is 1. The molecule has 4 rings (SSSR count). The molecule has 1 aromatic heterocycles. The highest BCUT2D eigenvalue weighted by molar-refractivity contribution is 5.71. The molecule has 1 aliphatic rings. The molecular formula is C22H23N3O4. The number of ether oxygens (including phenoxy) is 1. The molecule has 2 heterocycles. The highest BCUT2D eigenvalue weighted by Crippen LogP contribution is 2.25. The van der Waals surface area contributed by atoms with Crippen molar-refractivity contribution in [3.05, 3.63) is 54.1 Å². The molecule has 7 nitrogen and oxygen atoms in total. The summed E-state index contributed by atoms with van der Waals surface area (Å²) in [5.41, 5.74) is 2.85. The van der Waals surface area contributed by atoms with Gasteiger partial charge in [0.05, 0.1) is 12.5 Å². The van der Waals surface area contributed by atoms with Gasteiger partial charge in [0.2, 0.25) is 5.82 Å². The Morgan fingerprint density at radius 2 is 1.83 bits per heavy atom. The van der Waals surface area contributed by atoms with Crippen LogP contribution in [-0.4, -0.2) is 45.8 Å². The van der Waals surface area contributed by atoms with E-state index in [0.717, 1.165) is 35.4 Å². The molecule has 1 fully saturated rings. The molecule has 150 valence electrons. The minimum Gasteiger partial charge on any atom is -0.494 e. The fourth-order valence-electron chi connectivity index (χ4n) is 3.24. The second-order valence-corrected chi connectivity index (χ2v) is 7.22. The summed E-state index contributed by atoms with van der Waals surface area (Å²) in [5.74, 6) is 0.869. The Morgan fingerprint density at radius 1 is 1.14 bits per heavy atom. The SMILES string of the molecule is CCCOc1ccc(-c2nc(-c3ccc(CN4CC(C(=O)O)C4)cc3)no2)cc1. The lowest BCUT2D eigenvalue weighted by Crippen LogP contribution is -2.49. The number of aromatic nitrogens is 2. The molecule has 29 heavy (non-hydrogen) atoms. The molecule has 1 saturated heterocycles. The second-order valence-electron chi connectivity index (χ2n) is 7.22. The van der Waals surface area contributed by atoms with E-state index >= 15 is 0 Å². The number of carbonyl (C=O) groups is 1. The summed E-state index contributed by atoms with van der Waals surface area (Å²) in [6.07, 6.45) is 0.967. The van der Waals surface area contributed by atoms with Gasteiger partial charge < -0.3 is 14.4 Å². The van der Waals surface area contributed by atoms with Gasteiger partial charge in [0, 0.05) is 30.8 Å². The zero-order valence-electron chi connectivity index (χ0n) is 16.2. The van der Waals surface area contributed by atoms with Gasteiger partial charge in [0.1, 0.15) is 5.75 Å². The van der Waals surface area contributed by atoms with Gasteiger partial charge in [-0.3, -0.25) is 9.69 Å². The average Bonchev–Trinajstić information content (AvgIpc) is 3.19. The average molecular weight is 393 g/mol. The number of likely N-dealkylation sites (tertiary alicyclic amines) is 1. The fourth-order valence-corrected chi connectivity index (χ4v) is 3.24. The van der Waals surface area contributed by atoms with Crippen LogP contribution in [0, 0.1) is 5.92 Å². The van der Waals surface area contributed by atoms with Crippen molar-refractivity contribution in [3.8, 4) is 28.6 Å². The molecule has 0 amide bonds. The number of hydrogen-bond acceptors (Lipinski definition) is 6. The molecule has 0 unspecified atom stereocenters. The Bertz CT molecular complexity index is 960. The van der Waals surface area contributed by atoms with Crippen molar-refractivity contribution in [2.75, 3.05) is 19.7 Å². The summed E-state index contributed by atoms with van der Waals surface area (Å²) in [5, 5.41) is 13.0. The van der Waals surface area contributed by atoms with E-state index in [0.29, 0.717) is 31.4 Å². The van der Waals surface area contributed by atoms with Gasteiger partial charge >= 0.3 is 5.97 Å². The predicted octanol–water partition coefficient (Wildman–Crippen LogP) is 3.71. The van der Waals surface area contributed by atoms with Gasteiger partial charge in [-0.1, -0.05) is 36.3 Å². The van der Waals surface area contributed by atoms with Gasteiger partial charge in [-0.05, 0) is 36.2 Å². The molecule has 3 aromatic rings. The third-order valence-electron chi connectivity index (χ3n) is 4.92. The van der Waals surface area contributed by atoms with Crippen molar-refractivity contribution in [1.29, 1.82) is 0 Å². The monoisotopic (exact) mass is 393 g/mol. The van der Waals surface area contributed by atoms with Gasteiger partial charge in [0.25, 0.3) is 5.89 Å². The minimum atomic E-state index is -0.715. The fraction of sp³-hybridized carbons (Fsp3) is 0.318. The van der Waals surface area contributed by atoms with Crippen LogP contribution in [0.2, 0.25) is 0 Å². The van der Waals surface area contributed by atoms with Crippen LogP contribution in [-0.2, 0) is 11.3 Å². The number of nitrogens with zero attached hydrogens (tertiary/aromatic N) is 3. The standard InChI is InChI=1S/C22H23N3O4/c1-2-11-28-19-9-7-17(8-10-19)21-23-20(24-29-21)16-5-3-15(4-6-16)12-25-13-18(14-25)22(26)27/h3-10,18H,2,11-14H2,1H3,(H,26,27). The van der Waals surface area contributed by atoms with Gasteiger partial charge in [-0.2, -0.15) is 4.98 Å². The van der Waals surface area contributed by atoms with Crippen molar-refractivity contribution in [3.63, 3.8) is 0 Å². The first kappa shape index (κ1) is 19.1. The molecule has 2 aromatic carbocycles. The normalized spacial score (nSPS) is 14.5. The maximum Gasteiger partial charge on any atom is 0.309 e. The first-order valence-corrected chi connectivity index (χ1v) is 9.74. The predicted molar refractivity (Wildman–Crippen MR) is 107 cm³/mol. The van der Waals surface area contributed by atoms with E-state index in [4.69, 9.17) is 14.4 Å². The van der Waals surface area contributed by atoms with E-state index in [1.807, 2.05) is 48.5 Å². The highest BCUT2D eigenvalue weighted by Gasteiger charge is 2.32. The van der Waals surface area contributed by atoms with E-state index < -0.39 is 5.97 Å². The van der Waals surface area contributed by atoms with Crippen molar-refractivity contribution >= 4 is 5.97 Å². The third-order valence-corrected chi connectivity index (χ3v) is 4.92. The van der Waals surface area contributed by atoms with Crippen molar-refractivity contribution < 1.29 is 19.2 Å². The lowest BCUT2D eigenvalue weighted by molar-refractivity contribution is -0.147. The first-order chi connectivity index (χ1) is 14.1. The van der Waals surface area contributed by atoms with Crippen molar-refractivity contribution in [2.45, 2.75) is 19.9 Å². The number of carboxylic acids is 1. The van der Waals surface area contributed by atoms with Gasteiger partial charge in [-0.25, -0.2) is 0 Å². The molecule has 1 aliphatic heterocycles. The maximum absolute atomic E-state index is 10.9. The van der Waals surface area contributed by atoms with Gasteiger partial charge in [0.15, 0.2) is 0 Å². The molecular weight excluding hydrogens is 370 g/mol. The number of hydrogen-bond donors (Lipinski definition) is 1. The lowest BCUT2D eigenvalue weighted by Gasteiger charge is -2.36. The third kappa shape index (κ3) is 4.46. The van der Waals surface area contributed by atoms with E-state index in [1.54, 1.807) is 0 Å². The van der Waals surface area contributed by atoms with Crippen LogP contribution in [0.3, 0.4) is 0 Å². The van der Waals surface area contributed by atoms with Crippen LogP contribution in [0.5, 0.6) is 5.75 Å². The number of rotatable bonds is 8. The Hall–Kier alpha value is -3.19. The van der Waals surface area contributed by atoms with Crippen LogP contribution in [0.15, 0.2) is 53.1 Å². The van der Waals surface area contributed by atoms with Crippen LogP contribution in [0.25, 0.3) is 22.8 Å². The largest absolute Gasteiger partial charge is 0.494 e. The molecule has 0 bridgehead atoms. The van der Waals surface area contributed by atoms with Crippen molar-refractivity contribution in [2.24, 2.45) is 5.92 Å². The Labute approximate surface area is 168 Å². The van der Waals surface area contributed by atoms with Crippen LogP contribution in [0.4, 0.5) is 0 Å². The second kappa shape index (κ2) is 8.45. The summed E-state index contributed by atoms with van der Waals surface area (Å²) in [4.78, 5) is 17.5. The Balaban J connectivity index is 1.38. The summed E-state index contributed by atoms with van der Waals surface area (Å²) >= 11 is 0. The summed E-state index contributed by atoms with van der Waals surface area (Å²) in [6.45, 7) is 4.72. The Kier molecular flexibility index (Phi) is 5.57. The van der Waals surface area contributed by atoms with Crippen molar-refractivity contribution in [1.82, 2.24) is 15.0 Å². The van der Waals surface area contributed by atoms with Crippen LogP contribution >= 0.6 is 0 Å². The molecule has 0 aliphatic carbocycles. The zero-order valence-corrected chi connectivity index (χ0v) is 16.2. The number of benzene rings is 2. The molecule has 7 heteroatoms. The molecule has 1 N–H and O–H groups in total. The smallest absolute Gasteiger partial charge is 0.309 e. The lowest BCUT2D eigenvalue weighted by atomic mass is 9.99. The minimum absolute atomic E-state index is 0.237. The zero-order chi connectivity index (χ0) is 20.2. The molecule has 0 saturated carbocycles. The van der Waals surface area contributed by atoms with Gasteiger partial charge in [-0.15, -0.1) is 0 Å². The van der Waals surface area contributed by atoms with E-state index in [9.17, 15) is 4.79 Å². The highest BCUT2D eigenvalue weighted by atomic mass is 16.5. The number of aliphatic carboxylic acids is 1. The summed E-state index contributed by atoms with van der Waals surface area (Å²) in [7, 11) is 0. The summed E-state index contributed by atoms with van der Waals surface area (Å²) in [6, 6.07) is 15.5. The quantitative estimate of drug-likeness (QED) is 0.624. The van der Waals surface area contributed by atoms with Crippen LogP contribution < -0.4 is 4.74 Å². The topological polar surface area (TPSA) is 88.7 Å². The first-order valence-electron chi connectivity index (χ1n) is 9.74. The summed E-state index contributed by atoms with van der Waals surface area (Å²) < 4.78 is 11.0. The molecule has 0 radical (unpaired) electrons.